The molecule has 0 spiro atoms. The minimum atomic E-state index is -0.575. The summed E-state index contributed by atoms with van der Waals surface area (Å²) < 4.78 is 0. The fraction of sp³-hybridized carbons (Fsp3) is 0.636. The van der Waals surface area contributed by atoms with Crippen LogP contribution in [0.25, 0.3) is 0 Å². The highest BCUT2D eigenvalue weighted by Crippen LogP contribution is 2.16. The Morgan fingerprint density at radius 3 is 2.47 bits per heavy atom. The van der Waals surface area contributed by atoms with Crippen molar-refractivity contribution in [1.82, 2.24) is 20.3 Å². The molecule has 0 saturated carbocycles. The number of amides is 1. The van der Waals surface area contributed by atoms with Gasteiger partial charge in [0, 0.05) is 27.7 Å². The number of nitrogens with two attached hydrogens (primary N) is 1. The van der Waals surface area contributed by atoms with Crippen LogP contribution in [-0.2, 0) is 4.79 Å². The van der Waals surface area contributed by atoms with E-state index in [2.05, 4.69) is 25.6 Å². The van der Waals surface area contributed by atoms with E-state index in [9.17, 15) is 4.79 Å². The van der Waals surface area contributed by atoms with Crippen molar-refractivity contribution in [2.24, 2.45) is 5.41 Å². The zero-order valence-electron chi connectivity index (χ0n) is 12.0. The summed E-state index contributed by atoms with van der Waals surface area (Å²) >= 11 is 0. The Hall–Kier alpha value is -2.12. The Morgan fingerprint density at radius 1 is 1.32 bits per heavy atom. The fourth-order valence-electron chi connectivity index (χ4n) is 1.38. The number of nitrogen functional groups attached to an aromatic ring is 1. The molecule has 1 heterocycles. The van der Waals surface area contributed by atoms with Crippen LogP contribution in [0.4, 0.5) is 17.8 Å². The molecule has 0 saturated heterocycles. The third kappa shape index (κ3) is 3.94. The molecule has 8 nitrogen and oxygen atoms in total. The highest BCUT2D eigenvalue weighted by Gasteiger charge is 2.26. The summed E-state index contributed by atoms with van der Waals surface area (Å²) in [4.78, 5) is 25.6. The number of carbonyl (C=O) groups excluding carboxylic acids is 1. The summed E-state index contributed by atoms with van der Waals surface area (Å²) in [5.74, 6) is 0.898. The van der Waals surface area contributed by atoms with Crippen molar-refractivity contribution in [1.29, 1.82) is 0 Å². The monoisotopic (exact) mass is 267 g/mol. The number of rotatable bonds is 5. The Labute approximate surface area is 112 Å². The standard InChI is InChI=1S/C11H21N7O/c1-11(2,7(19)13-3)6-14-9-15-8(12)16-10(17-9)18(4)5/h6H2,1-5H3,(H,13,19)(H3,12,14,15,16,17). The number of carbonyl (C=O) groups is 1. The van der Waals surface area contributed by atoms with Crippen LogP contribution in [-0.4, -0.2) is 48.5 Å². The van der Waals surface area contributed by atoms with Crippen LogP contribution in [0.5, 0.6) is 0 Å². The van der Waals surface area contributed by atoms with Gasteiger partial charge in [-0.15, -0.1) is 0 Å². The molecule has 19 heavy (non-hydrogen) atoms. The first-order valence-electron chi connectivity index (χ1n) is 5.91. The Morgan fingerprint density at radius 2 is 1.95 bits per heavy atom. The van der Waals surface area contributed by atoms with Crippen LogP contribution >= 0.6 is 0 Å². The maximum Gasteiger partial charge on any atom is 0.231 e. The highest BCUT2D eigenvalue weighted by atomic mass is 16.2. The van der Waals surface area contributed by atoms with Gasteiger partial charge < -0.3 is 21.3 Å². The number of aromatic nitrogens is 3. The van der Waals surface area contributed by atoms with Crippen LogP contribution in [0.3, 0.4) is 0 Å². The molecule has 1 aromatic rings. The van der Waals surface area contributed by atoms with E-state index < -0.39 is 5.41 Å². The van der Waals surface area contributed by atoms with Crippen molar-refractivity contribution < 1.29 is 4.79 Å². The third-order valence-corrected chi connectivity index (χ3v) is 2.57. The maximum atomic E-state index is 11.7. The third-order valence-electron chi connectivity index (χ3n) is 2.57. The summed E-state index contributed by atoms with van der Waals surface area (Å²) in [5.41, 5.74) is 5.04. The molecule has 0 aliphatic heterocycles. The quantitative estimate of drug-likeness (QED) is 0.672. The van der Waals surface area contributed by atoms with Crippen molar-refractivity contribution in [3.8, 4) is 0 Å². The van der Waals surface area contributed by atoms with Gasteiger partial charge in [0.25, 0.3) is 0 Å². The lowest BCUT2D eigenvalue weighted by Gasteiger charge is -2.23. The second-order valence-electron chi connectivity index (χ2n) is 5.03. The first-order chi connectivity index (χ1) is 8.76. The van der Waals surface area contributed by atoms with Gasteiger partial charge >= 0.3 is 0 Å². The van der Waals surface area contributed by atoms with Gasteiger partial charge in [0.15, 0.2) is 0 Å². The van der Waals surface area contributed by atoms with Crippen LogP contribution in [0.1, 0.15) is 13.8 Å². The van der Waals surface area contributed by atoms with Crippen molar-refractivity contribution in [2.45, 2.75) is 13.8 Å². The van der Waals surface area contributed by atoms with Crippen molar-refractivity contribution >= 4 is 23.8 Å². The lowest BCUT2D eigenvalue weighted by atomic mass is 9.92. The van der Waals surface area contributed by atoms with Crippen LogP contribution < -0.4 is 21.3 Å². The number of nitrogens with one attached hydrogen (secondary N) is 2. The van der Waals surface area contributed by atoms with Gasteiger partial charge in [0.2, 0.25) is 23.8 Å². The first kappa shape index (κ1) is 14.9. The van der Waals surface area contributed by atoms with Crippen LogP contribution in [0, 0.1) is 5.41 Å². The van der Waals surface area contributed by atoms with Gasteiger partial charge in [-0.25, -0.2) is 0 Å². The molecular formula is C11H21N7O. The second-order valence-corrected chi connectivity index (χ2v) is 5.03. The van der Waals surface area contributed by atoms with Gasteiger partial charge in [-0.1, -0.05) is 0 Å². The molecule has 0 unspecified atom stereocenters. The molecule has 0 bridgehead atoms. The lowest BCUT2D eigenvalue weighted by molar-refractivity contribution is -0.128. The average Bonchev–Trinajstić information content (AvgIpc) is 2.34. The summed E-state index contributed by atoms with van der Waals surface area (Å²) in [6, 6.07) is 0. The molecule has 1 rings (SSSR count). The second kappa shape index (κ2) is 5.68. The van der Waals surface area contributed by atoms with Crippen molar-refractivity contribution in [3.63, 3.8) is 0 Å². The Balaban J connectivity index is 2.81. The van der Waals surface area contributed by atoms with Crippen molar-refractivity contribution in [2.75, 3.05) is 43.6 Å². The Bertz CT molecular complexity index is 458. The minimum absolute atomic E-state index is 0.0603. The predicted octanol–water partition coefficient (Wildman–Crippen LogP) is -0.296. The molecule has 0 fully saturated rings. The molecule has 1 amide bonds. The number of hydrogen-bond donors (Lipinski definition) is 3. The zero-order chi connectivity index (χ0) is 14.6. The SMILES string of the molecule is CNC(=O)C(C)(C)CNc1nc(N)nc(N(C)C)n1. The molecular weight excluding hydrogens is 246 g/mol. The normalized spacial score (nSPS) is 11.0. The van der Waals surface area contributed by atoms with E-state index in [1.54, 1.807) is 11.9 Å². The first-order valence-corrected chi connectivity index (χ1v) is 5.91. The summed E-state index contributed by atoms with van der Waals surface area (Å²) in [7, 11) is 5.23. The molecule has 4 N–H and O–H groups in total. The van der Waals surface area contributed by atoms with Crippen LogP contribution in [0.2, 0.25) is 0 Å². The Kier molecular flexibility index (Phi) is 4.47. The van der Waals surface area contributed by atoms with Gasteiger partial charge in [0.05, 0.1) is 5.41 Å². The topological polar surface area (TPSA) is 109 Å². The van der Waals surface area contributed by atoms with Gasteiger partial charge in [0.1, 0.15) is 0 Å². The van der Waals surface area contributed by atoms with Gasteiger partial charge in [-0.3, -0.25) is 4.79 Å². The van der Waals surface area contributed by atoms with E-state index >= 15 is 0 Å². The van der Waals surface area contributed by atoms with E-state index in [1.807, 2.05) is 27.9 Å². The fourth-order valence-corrected chi connectivity index (χ4v) is 1.38. The molecule has 106 valence electrons. The van der Waals surface area contributed by atoms with Gasteiger partial charge in [-0.05, 0) is 13.8 Å². The lowest BCUT2D eigenvalue weighted by Crippen LogP contribution is -2.39. The van der Waals surface area contributed by atoms with E-state index in [1.165, 1.54) is 0 Å². The molecule has 1 aromatic heterocycles. The van der Waals surface area contributed by atoms with E-state index in [-0.39, 0.29) is 11.9 Å². The zero-order valence-corrected chi connectivity index (χ0v) is 12.0. The molecule has 0 aliphatic rings. The summed E-state index contributed by atoms with van der Waals surface area (Å²) in [5, 5.41) is 5.62. The van der Waals surface area contributed by atoms with Crippen LogP contribution in [0.15, 0.2) is 0 Å². The smallest absolute Gasteiger partial charge is 0.231 e. The summed E-state index contributed by atoms with van der Waals surface area (Å²) in [6.45, 7) is 4.05. The molecule has 0 radical (unpaired) electrons. The molecule has 0 aliphatic carbocycles. The minimum Gasteiger partial charge on any atom is -0.368 e. The van der Waals surface area contributed by atoms with Gasteiger partial charge in [-0.2, -0.15) is 15.0 Å². The largest absolute Gasteiger partial charge is 0.368 e. The van der Waals surface area contributed by atoms with E-state index in [0.29, 0.717) is 18.4 Å². The number of hydrogen-bond acceptors (Lipinski definition) is 7. The maximum absolute atomic E-state index is 11.7. The number of nitrogens with zero attached hydrogens (tertiary/aromatic N) is 4. The predicted molar refractivity (Wildman–Crippen MR) is 74.9 cm³/mol. The molecule has 0 atom stereocenters. The highest BCUT2D eigenvalue weighted by molar-refractivity contribution is 5.82. The summed E-state index contributed by atoms with van der Waals surface area (Å²) in [6.07, 6.45) is 0. The van der Waals surface area contributed by atoms with Crippen molar-refractivity contribution in [3.05, 3.63) is 0 Å². The molecule has 8 heteroatoms. The average molecular weight is 267 g/mol. The number of anilines is 3. The molecule has 0 aromatic carbocycles. The van der Waals surface area contributed by atoms with E-state index in [0.717, 1.165) is 0 Å². The van der Waals surface area contributed by atoms with E-state index in [4.69, 9.17) is 5.73 Å².